The zero-order valence-electron chi connectivity index (χ0n) is 18.8. The fourth-order valence-corrected chi connectivity index (χ4v) is 4.48. The van der Waals surface area contributed by atoms with Gasteiger partial charge in [0.1, 0.15) is 6.07 Å². The van der Waals surface area contributed by atoms with Crippen LogP contribution in [0.5, 0.6) is 0 Å². The van der Waals surface area contributed by atoms with Crippen molar-refractivity contribution in [2.45, 2.75) is 0 Å². The van der Waals surface area contributed by atoms with Crippen molar-refractivity contribution in [3.8, 4) is 28.6 Å². The molecule has 0 spiro atoms. The molecule has 1 aliphatic rings. The number of pyridine rings is 1. The Hall–Kier alpha value is -3.66. The Morgan fingerprint density at radius 1 is 1.00 bits per heavy atom. The summed E-state index contributed by atoms with van der Waals surface area (Å²) in [5.74, 6) is 0. The maximum absolute atomic E-state index is 9.44. The molecular weight excluding hydrogens is 410 g/mol. The second-order valence-electron chi connectivity index (χ2n) is 8.35. The molecule has 6 heteroatoms. The summed E-state index contributed by atoms with van der Waals surface area (Å²) in [5.41, 5.74) is 5.89. The van der Waals surface area contributed by atoms with Crippen LogP contribution in [0.3, 0.4) is 0 Å². The highest BCUT2D eigenvalue weighted by atomic mass is 16.5. The lowest BCUT2D eigenvalue weighted by Crippen LogP contribution is -2.38. The molecule has 2 aromatic heterocycles. The van der Waals surface area contributed by atoms with Crippen LogP contribution in [0.15, 0.2) is 67.0 Å². The van der Waals surface area contributed by atoms with E-state index in [0.29, 0.717) is 5.56 Å². The van der Waals surface area contributed by atoms with Crippen molar-refractivity contribution in [3.05, 3.63) is 72.6 Å². The maximum atomic E-state index is 9.44. The molecule has 0 atom stereocenters. The summed E-state index contributed by atoms with van der Waals surface area (Å²) in [5, 5.41) is 15.4. The van der Waals surface area contributed by atoms with Crippen LogP contribution in [0, 0.1) is 11.3 Å². The van der Waals surface area contributed by atoms with Crippen LogP contribution >= 0.6 is 0 Å². The van der Waals surface area contributed by atoms with Gasteiger partial charge >= 0.3 is 0 Å². The number of nitriles is 1. The lowest BCUT2D eigenvalue weighted by molar-refractivity contribution is 0.0398. The number of nitrogens with one attached hydrogen (secondary N) is 1. The van der Waals surface area contributed by atoms with Crippen LogP contribution in [0.1, 0.15) is 5.56 Å². The summed E-state index contributed by atoms with van der Waals surface area (Å²) in [7, 11) is 2.04. The van der Waals surface area contributed by atoms with Gasteiger partial charge in [0.25, 0.3) is 0 Å². The Kier molecular flexibility index (Phi) is 6.07. The van der Waals surface area contributed by atoms with E-state index in [1.807, 2.05) is 13.1 Å². The first-order chi connectivity index (χ1) is 16.2. The molecule has 4 aromatic rings. The summed E-state index contributed by atoms with van der Waals surface area (Å²) in [6.45, 7) is 5.66. The van der Waals surface area contributed by atoms with E-state index < -0.39 is 0 Å². The van der Waals surface area contributed by atoms with E-state index in [0.717, 1.165) is 67.6 Å². The molecule has 166 valence electrons. The second-order valence-corrected chi connectivity index (χ2v) is 8.35. The summed E-state index contributed by atoms with van der Waals surface area (Å²) < 4.78 is 7.55. The average Bonchev–Trinajstić information content (AvgIpc) is 3.25. The van der Waals surface area contributed by atoms with Crippen molar-refractivity contribution in [3.63, 3.8) is 0 Å². The van der Waals surface area contributed by atoms with Crippen LogP contribution in [0.25, 0.3) is 33.3 Å². The van der Waals surface area contributed by atoms with Crippen LogP contribution in [-0.4, -0.2) is 53.8 Å². The van der Waals surface area contributed by atoms with E-state index in [1.165, 1.54) is 10.8 Å². The molecule has 0 aliphatic carbocycles. The number of anilines is 1. The van der Waals surface area contributed by atoms with Crippen molar-refractivity contribution in [1.29, 1.82) is 5.26 Å². The molecule has 2 aromatic carbocycles. The third kappa shape index (κ3) is 4.47. The molecule has 0 unspecified atom stereocenters. The molecule has 1 fully saturated rings. The van der Waals surface area contributed by atoms with Gasteiger partial charge in [-0.15, -0.1) is 0 Å². The lowest BCUT2D eigenvalue weighted by atomic mass is 10.0. The molecule has 0 radical (unpaired) electrons. The van der Waals surface area contributed by atoms with Crippen molar-refractivity contribution < 1.29 is 4.74 Å². The fourth-order valence-electron chi connectivity index (χ4n) is 4.48. The molecule has 0 bridgehead atoms. The monoisotopic (exact) mass is 437 g/mol. The molecule has 3 heterocycles. The fraction of sp³-hybridized carbons (Fsp3) is 0.259. The Bertz CT molecular complexity index is 1310. The first kappa shape index (κ1) is 21.2. The molecule has 1 aliphatic heterocycles. The maximum Gasteiger partial charge on any atom is 0.101 e. The third-order valence-corrected chi connectivity index (χ3v) is 6.34. The molecule has 5 rings (SSSR count). The van der Waals surface area contributed by atoms with Crippen LogP contribution < -0.4 is 5.32 Å². The first-order valence-corrected chi connectivity index (χ1v) is 11.3. The van der Waals surface area contributed by atoms with Crippen LogP contribution in [0.2, 0.25) is 0 Å². The predicted molar refractivity (Wildman–Crippen MR) is 132 cm³/mol. The predicted octanol–water partition coefficient (Wildman–Crippen LogP) is 4.52. The standard InChI is InChI=1S/C27H27N5O/c1-31-26(6-7-27(31)25-8-9-29-19-23(25)18-28)22-3-2-21-17-24(5-4-20(21)16-22)30-10-11-32-12-14-33-15-13-32/h2-9,16-17,19,30H,10-15H2,1H3. The Balaban J connectivity index is 1.34. The molecule has 1 N–H and O–H groups in total. The van der Waals surface area contributed by atoms with Crippen LogP contribution in [0.4, 0.5) is 5.69 Å². The van der Waals surface area contributed by atoms with Gasteiger partial charge in [0.2, 0.25) is 0 Å². The third-order valence-electron chi connectivity index (χ3n) is 6.34. The Morgan fingerprint density at radius 2 is 1.79 bits per heavy atom. The number of rotatable bonds is 6. The van der Waals surface area contributed by atoms with Crippen LogP contribution in [-0.2, 0) is 11.8 Å². The number of ether oxygens (including phenoxy) is 1. The van der Waals surface area contributed by atoms with E-state index in [9.17, 15) is 5.26 Å². The SMILES string of the molecule is Cn1c(-c2ccc3cc(NCCN4CCOCC4)ccc3c2)ccc1-c1ccncc1C#N. The highest BCUT2D eigenvalue weighted by Crippen LogP contribution is 2.31. The number of aromatic nitrogens is 2. The molecule has 33 heavy (non-hydrogen) atoms. The van der Waals surface area contributed by atoms with Gasteiger partial charge in [0.05, 0.1) is 18.8 Å². The molecule has 6 nitrogen and oxygen atoms in total. The van der Waals surface area contributed by atoms with E-state index in [-0.39, 0.29) is 0 Å². The smallest absolute Gasteiger partial charge is 0.101 e. The minimum Gasteiger partial charge on any atom is -0.384 e. The van der Waals surface area contributed by atoms with E-state index >= 15 is 0 Å². The Morgan fingerprint density at radius 3 is 2.64 bits per heavy atom. The van der Waals surface area contributed by atoms with Crippen molar-refractivity contribution >= 4 is 16.5 Å². The Labute approximate surface area is 194 Å². The number of hydrogen-bond acceptors (Lipinski definition) is 5. The van der Waals surface area contributed by atoms with Gasteiger partial charge in [-0.25, -0.2) is 0 Å². The molecular formula is C27H27N5O. The second kappa shape index (κ2) is 9.45. The van der Waals surface area contributed by atoms with E-state index in [1.54, 1.807) is 12.4 Å². The first-order valence-electron chi connectivity index (χ1n) is 11.3. The lowest BCUT2D eigenvalue weighted by Gasteiger charge is -2.26. The average molecular weight is 438 g/mol. The van der Waals surface area contributed by atoms with Gasteiger partial charge < -0.3 is 14.6 Å². The van der Waals surface area contributed by atoms with Gasteiger partial charge in [0.15, 0.2) is 0 Å². The minimum absolute atomic E-state index is 0.581. The zero-order chi connectivity index (χ0) is 22.6. The molecule has 1 saturated heterocycles. The number of benzene rings is 2. The topological polar surface area (TPSA) is 66.1 Å². The van der Waals surface area contributed by atoms with E-state index in [4.69, 9.17) is 4.74 Å². The largest absolute Gasteiger partial charge is 0.384 e. The normalized spacial score (nSPS) is 14.3. The molecule has 0 amide bonds. The summed E-state index contributed by atoms with van der Waals surface area (Å²) >= 11 is 0. The van der Waals surface area contributed by atoms with Crippen molar-refractivity contribution in [2.24, 2.45) is 7.05 Å². The van der Waals surface area contributed by atoms with Crippen molar-refractivity contribution in [2.75, 3.05) is 44.7 Å². The zero-order valence-corrected chi connectivity index (χ0v) is 18.8. The molecule has 0 saturated carbocycles. The van der Waals surface area contributed by atoms with Gasteiger partial charge in [-0.3, -0.25) is 9.88 Å². The summed E-state index contributed by atoms with van der Waals surface area (Å²) in [4.78, 5) is 6.51. The highest BCUT2D eigenvalue weighted by molar-refractivity contribution is 5.89. The van der Waals surface area contributed by atoms with Gasteiger partial charge in [0, 0.05) is 68.3 Å². The van der Waals surface area contributed by atoms with E-state index in [2.05, 4.69) is 74.4 Å². The number of nitrogens with zero attached hydrogens (tertiary/aromatic N) is 4. The van der Waals surface area contributed by atoms with Gasteiger partial charge in [-0.1, -0.05) is 18.2 Å². The minimum atomic E-state index is 0.581. The summed E-state index contributed by atoms with van der Waals surface area (Å²) in [6.07, 6.45) is 3.34. The van der Waals surface area contributed by atoms with Crippen molar-refractivity contribution in [1.82, 2.24) is 14.5 Å². The van der Waals surface area contributed by atoms with Gasteiger partial charge in [-0.05, 0) is 52.7 Å². The quantitative estimate of drug-likeness (QED) is 0.480. The number of fused-ring (bicyclic) bond motifs is 1. The summed E-state index contributed by atoms with van der Waals surface area (Å²) in [6, 6.07) is 21.4. The highest BCUT2D eigenvalue weighted by Gasteiger charge is 2.13. The van der Waals surface area contributed by atoms with Gasteiger partial charge in [-0.2, -0.15) is 5.26 Å². The number of hydrogen-bond donors (Lipinski definition) is 1. The number of morpholine rings is 1.